The smallest absolute Gasteiger partial charge is 0.264 e. The van der Waals surface area contributed by atoms with Crippen LogP contribution in [0.2, 0.25) is 10.0 Å². The number of hydrogen-bond acceptors (Lipinski definition) is 4. The first-order valence-corrected chi connectivity index (χ1v) is 14.3. The number of anilines is 1. The highest BCUT2D eigenvalue weighted by atomic mass is 35.5. The quantitative estimate of drug-likeness (QED) is 0.352. The van der Waals surface area contributed by atoms with Crippen molar-refractivity contribution in [2.45, 2.75) is 45.2 Å². The van der Waals surface area contributed by atoms with E-state index in [1.807, 2.05) is 38.1 Å². The number of aryl methyl sites for hydroxylation is 2. The van der Waals surface area contributed by atoms with E-state index in [0.29, 0.717) is 6.54 Å². The third-order valence-electron chi connectivity index (χ3n) is 5.98. The van der Waals surface area contributed by atoms with E-state index in [4.69, 9.17) is 23.2 Å². The fourth-order valence-corrected chi connectivity index (χ4v) is 5.87. The van der Waals surface area contributed by atoms with Crippen LogP contribution >= 0.6 is 23.2 Å². The van der Waals surface area contributed by atoms with Crippen molar-refractivity contribution >= 4 is 50.7 Å². The number of nitrogens with zero attached hydrogens (tertiary/aromatic N) is 2. The maximum Gasteiger partial charge on any atom is 0.264 e. The molecule has 1 N–H and O–H groups in total. The summed E-state index contributed by atoms with van der Waals surface area (Å²) in [6.07, 6.45) is 0. The van der Waals surface area contributed by atoms with Gasteiger partial charge in [-0.15, -0.1) is 0 Å². The molecule has 0 saturated heterocycles. The molecule has 0 unspecified atom stereocenters. The molecule has 0 spiro atoms. The summed E-state index contributed by atoms with van der Waals surface area (Å²) < 4.78 is 28.6. The molecule has 3 aromatic carbocycles. The molecule has 0 aliphatic heterocycles. The van der Waals surface area contributed by atoms with Gasteiger partial charge in [0.15, 0.2) is 0 Å². The third-order valence-corrected chi connectivity index (χ3v) is 8.20. The lowest BCUT2D eigenvalue weighted by Crippen LogP contribution is -2.51. The highest BCUT2D eigenvalue weighted by molar-refractivity contribution is 7.92. The van der Waals surface area contributed by atoms with Gasteiger partial charge in [-0.3, -0.25) is 13.9 Å². The summed E-state index contributed by atoms with van der Waals surface area (Å²) in [7, 11) is -4.20. The lowest BCUT2D eigenvalue weighted by atomic mass is 10.1. The second-order valence-corrected chi connectivity index (χ2v) is 11.8. The molecule has 0 fully saturated rings. The number of halogens is 2. The van der Waals surface area contributed by atoms with Gasteiger partial charge in [0, 0.05) is 23.1 Å². The fraction of sp³-hybridized carbons (Fsp3) is 0.286. The van der Waals surface area contributed by atoms with E-state index in [0.717, 1.165) is 21.0 Å². The topological polar surface area (TPSA) is 86.8 Å². The molecule has 2 amide bonds. The number of carbonyl (C=O) groups excluding carboxylic acids is 2. The maximum atomic E-state index is 13.8. The van der Waals surface area contributed by atoms with Gasteiger partial charge in [-0.1, -0.05) is 70.7 Å². The minimum Gasteiger partial charge on any atom is -0.355 e. The summed E-state index contributed by atoms with van der Waals surface area (Å²) in [5.41, 5.74) is 2.83. The number of benzene rings is 3. The van der Waals surface area contributed by atoms with Crippen LogP contribution in [0.25, 0.3) is 0 Å². The third kappa shape index (κ3) is 7.28. The Balaban J connectivity index is 2.07. The molecule has 0 aliphatic rings. The molecule has 0 aliphatic carbocycles. The van der Waals surface area contributed by atoms with Crippen molar-refractivity contribution in [1.29, 1.82) is 0 Å². The summed E-state index contributed by atoms with van der Waals surface area (Å²) >= 11 is 12.4. The molecule has 0 bridgehead atoms. The van der Waals surface area contributed by atoms with E-state index in [1.165, 1.54) is 35.2 Å². The minimum atomic E-state index is -4.20. The molecule has 0 heterocycles. The zero-order chi connectivity index (χ0) is 28.0. The van der Waals surface area contributed by atoms with Gasteiger partial charge in [-0.25, -0.2) is 8.42 Å². The average Bonchev–Trinajstić information content (AvgIpc) is 2.85. The van der Waals surface area contributed by atoms with Crippen molar-refractivity contribution in [3.05, 3.63) is 93.5 Å². The largest absolute Gasteiger partial charge is 0.355 e. The van der Waals surface area contributed by atoms with Crippen LogP contribution in [-0.4, -0.2) is 44.3 Å². The van der Waals surface area contributed by atoms with Gasteiger partial charge in [0.2, 0.25) is 11.8 Å². The predicted octanol–water partition coefficient (Wildman–Crippen LogP) is 5.36. The van der Waals surface area contributed by atoms with E-state index in [9.17, 15) is 18.0 Å². The standard InChI is InChI=1S/C28H31Cl2N3O4S/c1-5-31-28(35)21(4)32(17-22-8-6-7-20(3)13-22)27(34)18-33(25-15-23(29)14-24(30)16-25)38(36,37)26-11-9-19(2)10-12-26/h6-16,21H,5,17-18H2,1-4H3,(H,31,35)/t21-/m0/s1. The summed E-state index contributed by atoms with van der Waals surface area (Å²) in [4.78, 5) is 28.0. The number of sulfonamides is 1. The number of rotatable bonds is 10. The van der Waals surface area contributed by atoms with Crippen LogP contribution in [0.3, 0.4) is 0 Å². The summed E-state index contributed by atoms with van der Waals surface area (Å²) in [5, 5.41) is 3.18. The van der Waals surface area contributed by atoms with Gasteiger partial charge >= 0.3 is 0 Å². The average molecular weight is 577 g/mol. The molecule has 1 atom stereocenters. The minimum absolute atomic E-state index is 0.00834. The van der Waals surface area contributed by atoms with Gasteiger partial charge < -0.3 is 10.2 Å². The predicted molar refractivity (Wildman–Crippen MR) is 152 cm³/mol. The zero-order valence-corrected chi connectivity index (χ0v) is 24.1. The number of hydrogen-bond donors (Lipinski definition) is 1. The maximum absolute atomic E-state index is 13.8. The monoisotopic (exact) mass is 575 g/mol. The molecule has 0 aromatic heterocycles. The summed E-state index contributed by atoms with van der Waals surface area (Å²) in [6.45, 7) is 7.13. The Morgan fingerprint density at radius 1 is 0.921 bits per heavy atom. The second kappa shape index (κ2) is 12.7. The molecule has 3 aromatic rings. The Kier molecular flexibility index (Phi) is 9.82. The van der Waals surface area contributed by atoms with Gasteiger partial charge in [0.25, 0.3) is 10.0 Å². The van der Waals surface area contributed by atoms with E-state index in [2.05, 4.69) is 5.32 Å². The fourth-order valence-electron chi connectivity index (χ4n) is 3.96. The van der Waals surface area contributed by atoms with Gasteiger partial charge in [0.1, 0.15) is 12.6 Å². The van der Waals surface area contributed by atoms with Crippen LogP contribution in [0.15, 0.2) is 71.6 Å². The Morgan fingerprint density at radius 3 is 2.13 bits per heavy atom. The van der Waals surface area contributed by atoms with E-state index in [1.54, 1.807) is 26.0 Å². The number of carbonyl (C=O) groups is 2. The molecule has 10 heteroatoms. The molecule has 38 heavy (non-hydrogen) atoms. The van der Waals surface area contributed by atoms with Crippen LogP contribution in [0, 0.1) is 13.8 Å². The Morgan fingerprint density at radius 2 is 1.55 bits per heavy atom. The normalized spacial score (nSPS) is 12.1. The summed E-state index contributed by atoms with van der Waals surface area (Å²) in [5.74, 6) is -0.899. The molecular formula is C28H31Cl2N3O4S. The number of likely N-dealkylation sites (N-methyl/N-ethyl adjacent to an activating group) is 1. The highest BCUT2D eigenvalue weighted by Gasteiger charge is 2.32. The first kappa shape index (κ1) is 29.5. The summed E-state index contributed by atoms with van der Waals surface area (Å²) in [6, 6.07) is 17.4. The molecule has 202 valence electrons. The highest BCUT2D eigenvalue weighted by Crippen LogP contribution is 2.30. The number of nitrogens with one attached hydrogen (secondary N) is 1. The Hall–Kier alpha value is -3.07. The molecule has 7 nitrogen and oxygen atoms in total. The molecule has 0 radical (unpaired) electrons. The lowest BCUT2D eigenvalue weighted by molar-refractivity contribution is -0.139. The van der Waals surface area contributed by atoms with E-state index < -0.39 is 28.5 Å². The van der Waals surface area contributed by atoms with Gasteiger partial charge in [0.05, 0.1) is 10.6 Å². The Bertz CT molecular complexity index is 1390. The van der Waals surface area contributed by atoms with Crippen LogP contribution < -0.4 is 9.62 Å². The van der Waals surface area contributed by atoms with Gasteiger partial charge in [-0.2, -0.15) is 0 Å². The zero-order valence-electron chi connectivity index (χ0n) is 21.7. The number of amides is 2. The Labute approximate surface area is 234 Å². The van der Waals surface area contributed by atoms with Crippen molar-refractivity contribution in [2.75, 3.05) is 17.4 Å². The second-order valence-electron chi connectivity index (χ2n) is 9.03. The van der Waals surface area contributed by atoms with Crippen molar-refractivity contribution in [1.82, 2.24) is 10.2 Å². The van der Waals surface area contributed by atoms with Crippen molar-refractivity contribution in [3.8, 4) is 0 Å². The van der Waals surface area contributed by atoms with Crippen LogP contribution in [0.4, 0.5) is 5.69 Å². The van der Waals surface area contributed by atoms with Crippen LogP contribution in [0.1, 0.15) is 30.5 Å². The molecule has 3 rings (SSSR count). The SMILES string of the molecule is CCNC(=O)[C@H](C)N(Cc1cccc(C)c1)C(=O)CN(c1cc(Cl)cc(Cl)c1)S(=O)(=O)c1ccc(C)cc1. The van der Waals surface area contributed by atoms with E-state index >= 15 is 0 Å². The van der Waals surface area contributed by atoms with Crippen molar-refractivity contribution < 1.29 is 18.0 Å². The van der Waals surface area contributed by atoms with Crippen LogP contribution in [0.5, 0.6) is 0 Å². The van der Waals surface area contributed by atoms with Crippen LogP contribution in [-0.2, 0) is 26.2 Å². The molecule has 0 saturated carbocycles. The van der Waals surface area contributed by atoms with Crippen molar-refractivity contribution in [3.63, 3.8) is 0 Å². The first-order chi connectivity index (χ1) is 17.9. The van der Waals surface area contributed by atoms with E-state index in [-0.39, 0.29) is 33.1 Å². The molecular weight excluding hydrogens is 545 g/mol. The van der Waals surface area contributed by atoms with Gasteiger partial charge in [-0.05, 0) is 63.6 Å². The lowest BCUT2D eigenvalue weighted by Gasteiger charge is -2.32. The first-order valence-electron chi connectivity index (χ1n) is 12.1. The van der Waals surface area contributed by atoms with Crippen molar-refractivity contribution in [2.24, 2.45) is 0 Å².